The van der Waals surface area contributed by atoms with Crippen molar-refractivity contribution in [1.29, 1.82) is 0 Å². The molecule has 0 atom stereocenters. The fourth-order valence-corrected chi connectivity index (χ4v) is 2.54. The first-order chi connectivity index (χ1) is 13.3. The first-order valence-corrected chi connectivity index (χ1v) is 9.07. The lowest BCUT2D eigenvalue weighted by atomic mass is 10.2. The zero-order valence-electron chi connectivity index (χ0n) is 16.7. The maximum Gasteiger partial charge on any atom is 0.191 e. The monoisotopic (exact) mass is 499 g/mol. The second-order valence-electron chi connectivity index (χ2n) is 5.88. The van der Waals surface area contributed by atoms with Gasteiger partial charge in [-0.1, -0.05) is 6.07 Å². The van der Waals surface area contributed by atoms with Crippen molar-refractivity contribution in [2.75, 3.05) is 39.7 Å². The van der Waals surface area contributed by atoms with Gasteiger partial charge in [-0.2, -0.15) is 0 Å². The minimum absolute atomic E-state index is 0. The van der Waals surface area contributed by atoms with Crippen molar-refractivity contribution >= 4 is 35.8 Å². The fraction of sp³-hybridized carbons (Fsp3) is 0.400. The fourth-order valence-electron chi connectivity index (χ4n) is 2.54. The van der Waals surface area contributed by atoms with E-state index in [1.807, 2.05) is 36.4 Å². The summed E-state index contributed by atoms with van der Waals surface area (Å²) in [7, 11) is 5.07. The molecule has 7 nitrogen and oxygen atoms in total. The van der Waals surface area contributed by atoms with E-state index in [0.29, 0.717) is 6.54 Å². The standard InChI is InChI=1S/C20H29N5O2.HI/c1-21-20(24-13-7-6-12-23-19-8-4-5-11-22-19)25-15-16-9-10-17(26-2)14-18(16)27-3;/h4-5,8-11,14H,6-7,12-13,15H2,1-3H3,(H,22,23)(H2,21,24,25);1H. The molecule has 0 unspecified atom stereocenters. The summed E-state index contributed by atoms with van der Waals surface area (Å²) in [6.07, 6.45) is 3.87. The number of unbranched alkanes of at least 4 members (excludes halogenated alkanes) is 1. The Morgan fingerprint density at radius 3 is 2.54 bits per heavy atom. The number of nitrogens with zero attached hydrogens (tertiary/aromatic N) is 2. The predicted octanol–water partition coefficient (Wildman–Crippen LogP) is 3.27. The van der Waals surface area contributed by atoms with Crippen LogP contribution in [0.15, 0.2) is 47.6 Å². The molecular weight excluding hydrogens is 469 g/mol. The molecule has 1 aromatic heterocycles. The van der Waals surface area contributed by atoms with Crippen LogP contribution in [-0.2, 0) is 6.54 Å². The van der Waals surface area contributed by atoms with Crippen LogP contribution in [0.5, 0.6) is 11.5 Å². The number of aromatic nitrogens is 1. The van der Waals surface area contributed by atoms with Crippen LogP contribution in [0.25, 0.3) is 0 Å². The summed E-state index contributed by atoms with van der Waals surface area (Å²) in [5.41, 5.74) is 1.04. The Hall–Kier alpha value is -2.23. The smallest absolute Gasteiger partial charge is 0.191 e. The van der Waals surface area contributed by atoms with Gasteiger partial charge in [0.1, 0.15) is 17.3 Å². The predicted molar refractivity (Wildman–Crippen MR) is 125 cm³/mol. The summed E-state index contributed by atoms with van der Waals surface area (Å²) in [6.45, 7) is 2.37. The normalized spacial score (nSPS) is 10.6. The van der Waals surface area contributed by atoms with E-state index in [2.05, 4.69) is 25.9 Å². The van der Waals surface area contributed by atoms with Gasteiger partial charge >= 0.3 is 0 Å². The Balaban J connectivity index is 0.00000392. The van der Waals surface area contributed by atoms with E-state index in [1.54, 1.807) is 27.5 Å². The van der Waals surface area contributed by atoms with Crippen molar-refractivity contribution < 1.29 is 9.47 Å². The van der Waals surface area contributed by atoms with E-state index in [4.69, 9.17) is 9.47 Å². The Labute approximate surface area is 184 Å². The van der Waals surface area contributed by atoms with Crippen LogP contribution >= 0.6 is 24.0 Å². The van der Waals surface area contributed by atoms with Crippen molar-refractivity contribution in [3.8, 4) is 11.5 Å². The summed E-state index contributed by atoms with van der Waals surface area (Å²) in [6, 6.07) is 11.6. The molecule has 0 aliphatic heterocycles. The molecule has 154 valence electrons. The van der Waals surface area contributed by atoms with Gasteiger partial charge in [0.05, 0.1) is 14.2 Å². The number of benzene rings is 1. The number of methoxy groups -OCH3 is 2. The summed E-state index contributed by atoms with van der Waals surface area (Å²) >= 11 is 0. The molecule has 0 aliphatic rings. The third kappa shape index (κ3) is 8.20. The molecule has 2 rings (SSSR count). The van der Waals surface area contributed by atoms with Gasteiger partial charge in [-0.25, -0.2) is 4.98 Å². The molecule has 0 saturated carbocycles. The lowest BCUT2D eigenvalue weighted by Gasteiger charge is -2.14. The Kier molecular flexibility index (Phi) is 11.8. The number of pyridine rings is 1. The highest BCUT2D eigenvalue weighted by Crippen LogP contribution is 2.24. The minimum Gasteiger partial charge on any atom is -0.497 e. The number of ether oxygens (including phenoxy) is 2. The molecule has 3 N–H and O–H groups in total. The SMILES string of the molecule is CN=C(NCCCCNc1ccccn1)NCc1ccc(OC)cc1OC.I. The summed E-state index contributed by atoms with van der Waals surface area (Å²) in [4.78, 5) is 8.50. The number of nitrogens with one attached hydrogen (secondary N) is 3. The van der Waals surface area contributed by atoms with Gasteiger partial charge < -0.3 is 25.4 Å². The van der Waals surface area contributed by atoms with Crippen LogP contribution in [0.1, 0.15) is 18.4 Å². The average Bonchev–Trinajstić information content (AvgIpc) is 2.73. The second-order valence-corrected chi connectivity index (χ2v) is 5.88. The maximum atomic E-state index is 5.42. The molecule has 0 fully saturated rings. The molecule has 0 saturated heterocycles. The lowest BCUT2D eigenvalue weighted by Crippen LogP contribution is -2.37. The summed E-state index contributed by atoms with van der Waals surface area (Å²) < 4.78 is 10.6. The van der Waals surface area contributed by atoms with Crippen molar-refractivity contribution in [2.45, 2.75) is 19.4 Å². The summed E-state index contributed by atoms with van der Waals surface area (Å²) in [5.74, 6) is 3.25. The van der Waals surface area contributed by atoms with E-state index in [9.17, 15) is 0 Å². The average molecular weight is 499 g/mol. The molecule has 1 heterocycles. The highest BCUT2D eigenvalue weighted by Gasteiger charge is 2.06. The van der Waals surface area contributed by atoms with Gasteiger partial charge in [0.2, 0.25) is 0 Å². The highest BCUT2D eigenvalue weighted by molar-refractivity contribution is 14.0. The molecule has 0 amide bonds. The third-order valence-corrected chi connectivity index (χ3v) is 4.03. The van der Waals surface area contributed by atoms with Gasteiger partial charge in [0.15, 0.2) is 5.96 Å². The first kappa shape index (κ1) is 23.8. The van der Waals surface area contributed by atoms with E-state index >= 15 is 0 Å². The molecule has 0 spiro atoms. The number of aliphatic imine (C=N–C) groups is 1. The van der Waals surface area contributed by atoms with Gasteiger partial charge in [-0.05, 0) is 37.1 Å². The second kappa shape index (κ2) is 13.9. The number of guanidine groups is 1. The highest BCUT2D eigenvalue weighted by atomic mass is 127. The topological polar surface area (TPSA) is 79.8 Å². The van der Waals surface area contributed by atoms with Crippen molar-refractivity contribution in [1.82, 2.24) is 15.6 Å². The van der Waals surface area contributed by atoms with Crippen LogP contribution in [0.4, 0.5) is 5.82 Å². The van der Waals surface area contributed by atoms with E-state index in [0.717, 1.165) is 54.8 Å². The van der Waals surface area contributed by atoms with E-state index < -0.39 is 0 Å². The molecule has 0 radical (unpaired) electrons. The minimum atomic E-state index is 0. The van der Waals surface area contributed by atoms with Crippen LogP contribution in [-0.4, -0.2) is 45.3 Å². The zero-order chi connectivity index (χ0) is 19.3. The molecule has 1 aromatic carbocycles. The maximum absolute atomic E-state index is 5.42. The molecule has 8 heteroatoms. The lowest BCUT2D eigenvalue weighted by molar-refractivity contribution is 0.390. The van der Waals surface area contributed by atoms with E-state index in [1.165, 1.54) is 0 Å². The van der Waals surface area contributed by atoms with Crippen molar-refractivity contribution in [3.63, 3.8) is 0 Å². The molecule has 0 aliphatic carbocycles. The summed E-state index contributed by atoms with van der Waals surface area (Å²) in [5, 5.41) is 9.94. The number of anilines is 1. The molecule has 2 aromatic rings. The largest absolute Gasteiger partial charge is 0.497 e. The zero-order valence-corrected chi connectivity index (χ0v) is 19.0. The van der Waals surface area contributed by atoms with Gasteiger partial charge in [-0.15, -0.1) is 24.0 Å². The van der Waals surface area contributed by atoms with Gasteiger partial charge in [0, 0.05) is 44.5 Å². The van der Waals surface area contributed by atoms with E-state index in [-0.39, 0.29) is 24.0 Å². The van der Waals surface area contributed by atoms with Crippen LogP contribution in [0.3, 0.4) is 0 Å². The molecule has 0 bridgehead atoms. The van der Waals surface area contributed by atoms with Crippen molar-refractivity contribution in [2.24, 2.45) is 4.99 Å². The number of halogens is 1. The molecule has 28 heavy (non-hydrogen) atoms. The number of hydrogen-bond acceptors (Lipinski definition) is 5. The molecular formula is C20H30IN5O2. The van der Waals surface area contributed by atoms with Gasteiger partial charge in [-0.3, -0.25) is 4.99 Å². The Morgan fingerprint density at radius 2 is 1.86 bits per heavy atom. The van der Waals surface area contributed by atoms with Crippen molar-refractivity contribution in [3.05, 3.63) is 48.2 Å². The third-order valence-electron chi connectivity index (χ3n) is 4.03. The Morgan fingerprint density at radius 1 is 1.04 bits per heavy atom. The van der Waals surface area contributed by atoms with Gasteiger partial charge in [0.25, 0.3) is 0 Å². The number of hydrogen-bond donors (Lipinski definition) is 3. The van der Waals surface area contributed by atoms with Crippen LogP contribution in [0, 0.1) is 0 Å². The van der Waals surface area contributed by atoms with Crippen LogP contribution in [0.2, 0.25) is 0 Å². The Bertz CT molecular complexity index is 713. The number of rotatable bonds is 10. The van der Waals surface area contributed by atoms with Crippen LogP contribution < -0.4 is 25.4 Å². The first-order valence-electron chi connectivity index (χ1n) is 9.07. The quantitative estimate of drug-likeness (QED) is 0.202.